The van der Waals surface area contributed by atoms with Gasteiger partial charge in [-0.2, -0.15) is 0 Å². The van der Waals surface area contributed by atoms with E-state index in [1.165, 1.54) is 12.1 Å². The maximum Gasteiger partial charge on any atom is 0.262 e. The summed E-state index contributed by atoms with van der Waals surface area (Å²) < 4.78 is 13.7. The van der Waals surface area contributed by atoms with E-state index in [0.717, 1.165) is 22.5 Å². The topological polar surface area (TPSA) is 23.6 Å². The minimum atomic E-state index is -0.411. The Bertz CT molecular complexity index is 1190. The Morgan fingerprint density at radius 1 is 0.710 bits per heavy atom. The molecule has 0 saturated heterocycles. The molecule has 0 saturated carbocycles. The van der Waals surface area contributed by atoms with Crippen LogP contribution < -0.4 is 9.80 Å². The molecule has 1 amide bonds. The first-order valence-corrected chi connectivity index (χ1v) is 10.3. The number of hydrogen-bond acceptors (Lipinski definition) is 2. The van der Waals surface area contributed by atoms with E-state index in [0.29, 0.717) is 12.1 Å². The van der Waals surface area contributed by atoms with E-state index >= 15 is 0 Å². The highest BCUT2D eigenvalue weighted by Crippen LogP contribution is 2.42. The third-order valence-electron chi connectivity index (χ3n) is 5.60. The van der Waals surface area contributed by atoms with Crippen molar-refractivity contribution in [3.8, 4) is 0 Å². The summed E-state index contributed by atoms with van der Waals surface area (Å²) in [6.45, 7) is 0.608. The molecule has 3 nitrogen and oxygen atoms in total. The first-order valence-electron chi connectivity index (χ1n) is 10.3. The lowest BCUT2D eigenvalue weighted by Crippen LogP contribution is -2.49. The maximum absolute atomic E-state index is 13.7. The largest absolute Gasteiger partial charge is 0.342 e. The van der Waals surface area contributed by atoms with Crippen LogP contribution in [0.4, 0.5) is 15.8 Å². The van der Waals surface area contributed by atoms with Crippen molar-refractivity contribution in [2.75, 3.05) is 9.80 Å². The third-order valence-corrected chi connectivity index (χ3v) is 5.60. The molecule has 0 unspecified atom stereocenters. The van der Waals surface area contributed by atoms with Crippen molar-refractivity contribution in [2.45, 2.75) is 12.7 Å². The van der Waals surface area contributed by atoms with Crippen LogP contribution >= 0.6 is 0 Å². The van der Waals surface area contributed by atoms with Crippen LogP contribution in [0.15, 0.2) is 109 Å². The molecule has 0 fully saturated rings. The molecule has 1 atom stereocenters. The lowest BCUT2D eigenvalue weighted by molar-refractivity contribution is 0.0968. The molecule has 5 rings (SSSR count). The van der Waals surface area contributed by atoms with Gasteiger partial charge in [0, 0.05) is 12.2 Å². The molecule has 1 heterocycles. The van der Waals surface area contributed by atoms with E-state index in [9.17, 15) is 9.18 Å². The molecule has 31 heavy (non-hydrogen) atoms. The number of halogens is 1. The molecular weight excluding hydrogens is 387 g/mol. The predicted molar refractivity (Wildman–Crippen MR) is 121 cm³/mol. The number of anilines is 2. The third kappa shape index (κ3) is 3.57. The number of nitrogens with zero attached hydrogens (tertiary/aromatic N) is 2. The zero-order chi connectivity index (χ0) is 21.2. The fourth-order valence-electron chi connectivity index (χ4n) is 4.18. The quantitative estimate of drug-likeness (QED) is 0.402. The Kier molecular flexibility index (Phi) is 4.97. The van der Waals surface area contributed by atoms with Crippen molar-refractivity contribution in [3.05, 3.63) is 132 Å². The zero-order valence-corrected chi connectivity index (χ0v) is 16.9. The number of amides is 1. The number of carbonyl (C=O) groups excluding carboxylic acids is 1. The smallest absolute Gasteiger partial charge is 0.262 e. The second-order valence-electron chi connectivity index (χ2n) is 7.57. The van der Waals surface area contributed by atoms with E-state index in [-0.39, 0.29) is 11.7 Å². The van der Waals surface area contributed by atoms with Gasteiger partial charge in [0.05, 0.1) is 11.3 Å². The summed E-state index contributed by atoms with van der Waals surface area (Å²) in [6.07, 6.45) is -0.411. The molecule has 4 heteroatoms. The molecule has 0 aromatic heterocycles. The summed E-state index contributed by atoms with van der Waals surface area (Å²) in [7, 11) is 0. The standard InChI is InChI=1S/C27H21FN2O/c28-22-17-15-21(16-18-22)26-29(19-20-9-3-1-4-10-20)25-14-8-7-13-24(25)27(31)30(26)23-11-5-2-6-12-23/h1-18,26H,19H2/t26-/m1/s1. The molecule has 1 aliphatic rings. The van der Waals surface area contributed by atoms with Gasteiger partial charge in [0.2, 0.25) is 0 Å². The minimum Gasteiger partial charge on any atom is -0.342 e. The van der Waals surface area contributed by atoms with Crippen LogP contribution in [0.5, 0.6) is 0 Å². The summed E-state index contributed by atoms with van der Waals surface area (Å²) >= 11 is 0. The van der Waals surface area contributed by atoms with Crippen molar-refractivity contribution in [1.29, 1.82) is 0 Å². The molecule has 0 radical (unpaired) electrons. The monoisotopic (exact) mass is 408 g/mol. The van der Waals surface area contributed by atoms with Gasteiger partial charge in [0.1, 0.15) is 12.0 Å². The fraction of sp³-hybridized carbons (Fsp3) is 0.0741. The molecule has 0 N–H and O–H groups in total. The Balaban J connectivity index is 1.72. The van der Waals surface area contributed by atoms with Crippen LogP contribution in [-0.4, -0.2) is 5.91 Å². The molecule has 152 valence electrons. The van der Waals surface area contributed by atoms with E-state index in [4.69, 9.17) is 0 Å². The zero-order valence-electron chi connectivity index (χ0n) is 16.9. The highest BCUT2D eigenvalue weighted by molar-refractivity contribution is 6.12. The van der Waals surface area contributed by atoms with E-state index in [1.807, 2.05) is 72.8 Å². The Morgan fingerprint density at radius 3 is 2.03 bits per heavy atom. The van der Waals surface area contributed by atoms with Crippen molar-refractivity contribution < 1.29 is 9.18 Å². The summed E-state index contributed by atoms with van der Waals surface area (Å²) in [5, 5.41) is 0. The van der Waals surface area contributed by atoms with Crippen molar-refractivity contribution in [2.24, 2.45) is 0 Å². The van der Waals surface area contributed by atoms with Gasteiger partial charge in [-0.15, -0.1) is 0 Å². The van der Waals surface area contributed by atoms with Gasteiger partial charge in [0.15, 0.2) is 0 Å². The van der Waals surface area contributed by atoms with E-state index < -0.39 is 6.17 Å². The molecule has 0 bridgehead atoms. The van der Waals surface area contributed by atoms with E-state index in [2.05, 4.69) is 17.0 Å². The van der Waals surface area contributed by atoms with Crippen LogP contribution in [0.25, 0.3) is 0 Å². The highest BCUT2D eigenvalue weighted by Gasteiger charge is 2.39. The van der Waals surface area contributed by atoms with Gasteiger partial charge < -0.3 is 4.90 Å². The molecule has 4 aromatic carbocycles. The number of fused-ring (bicyclic) bond motifs is 1. The average Bonchev–Trinajstić information content (AvgIpc) is 2.82. The summed E-state index contributed by atoms with van der Waals surface area (Å²) in [5.74, 6) is -0.368. The van der Waals surface area contributed by atoms with Crippen LogP contribution in [0.3, 0.4) is 0 Å². The van der Waals surface area contributed by atoms with Crippen molar-refractivity contribution in [1.82, 2.24) is 0 Å². The van der Waals surface area contributed by atoms with Gasteiger partial charge in [-0.25, -0.2) is 4.39 Å². The predicted octanol–water partition coefficient (Wildman–Crippen LogP) is 6.19. The lowest BCUT2D eigenvalue weighted by Gasteiger charge is -2.46. The van der Waals surface area contributed by atoms with Gasteiger partial charge in [-0.1, -0.05) is 72.8 Å². The number of rotatable bonds is 4. The van der Waals surface area contributed by atoms with Gasteiger partial charge in [-0.3, -0.25) is 9.69 Å². The van der Waals surface area contributed by atoms with Crippen LogP contribution in [0, 0.1) is 5.82 Å². The minimum absolute atomic E-state index is 0.0690. The van der Waals surface area contributed by atoms with Crippen LogP contribution in [-0.2, 0) is 6.54 Å². The molecule has 4 aromatic rings. The lowest BCUT2D eigenvalue weighted by atomic mass is 9.99. The number of hydrogen-bond donors (Lipinski definition) is 0. The van der Waals surface area contributed by atoms with E-state index in [1.54, 1.807) is 17.0 Å². The second kappa shape index (κ2) is 8.07. The van der Waals surface area contributed by atoms with Crippen molar-refractivity contribution >= 4 is 17.3 Å². The van der Waals surface area contributed by atoms with Crippen molar-refractivity contribution in [3.63, 3.8) is 0 Å². The van der Waals surface area contributed by atoms with Gasteiger partial charge in [-0.05, 0) is 47.5 Å². The van der Waals surface area contributed by atoms with Crippen LogP contribution in [0.1, 0.15) is 27.7 Å². The number of carbonyl (C=O) groups is 1. The Labute approximate surface area is 181 Å². The van der Waals surface area contributed by atoms with Crippen LogP contribution in [0.2, 0.25) is 0 Å². The molecular formula is C27H21FN2O. The Hall–Kier alpha value is -3.92. The summed E-state index contributed by atoms with van der Waals surface area (Å²) in [4.78, 5) is 17.7. The summed E-state index contributed by atoms with van der Waals surface area (Å²) in [6, 6.07) is 33.9. The molecule has 0 spiro atoms. The second-order valence-corrected chi connectivity index (χ2v) is 7.57. The molecule has 0 aliphatic carbocycles. The normalized spacial score (nSPS) is 15.6. The first-order chi connectivity index (χ1) is 15.2. The number of benzene rings is 4. The fourth-order valence-corrected chi connectivity index (χ4v) is 4.18. The SMILES string of the molecule is O=C1c2ccccc2N(Cc2ccccc2)[C@@H](c2ccc(F)cc2)N1c1ccccc1. The highest BCUT2D eigenvalue weighted by atomic mass is 19.1. The first kappa shape index (κ1) is 19.1. The van der Waals surface area contributed by atoms with Gasteiger partial charge in [0.25, 0.3) is 5.91 Å². The summed E-state index contributed by atoms with van der Waals surface area (Å²) in [5.41, 5.74) is 4.31. The Morgan fingerprint density at radius 2 is 1.32 bits per heavy atom. The molecule has 1 aliphatic heterocycles. The average molecular weight is 408 g/mol. The van der Waals surface area contributed by atoms with Gasteiger partial charge >= 0.3 is 0 Å². The maximum atomic E-state index is 13.7. The number of para-hydroxylation sites is 2.